The molecule has 0 aliphatic heterocycles. The van der Waals surface area contributed by atoms with Gasteiger partial charge in [0.15, 0.2) is 0 Å². The van der Waals surface area contributed by atoms with Crippen LogP contribution in [-0.2, 0) is 4.74 Å². The summed E-state index contributed by atoms with van der Waals surface area (Å²) in [5, 5.41) is 16.3. The molecule has 0 aliphatic rings. The average molecular weight is 456 g/mol. The maximum Gasteiger partial charge on any atom is 0.410 e. The minimum absolute atomic E-state index is 0.0644. The monoisotopic (exact) mass is 455 g/mol. The summed E-state index contributed by atoms with van der Waals surface area (Å²) in [5.74, 6) is -0.148. The number of aliphatic hydroxyl groups excluding tert-OH is 1. The fourth-order valence-corrected chi connectivity index (χ4v) is 3.24. The van der Waals surface area contributed by atoms with Crippen LogP contribution in [0.25, 0.3) is 11.3 Å². The number of amides is 1. The largest absolute Gasteiger partial charge is 0.444 e. The number of aliphatic hydroxyl groups is 1. The molecule has 0 saturated heterocycles. The van der Waals surface area contributed by atoms with Crippen molar-refractivity contribution in [2.24, 2.45) is 0 Å². The maximum absolute atomic E-state index is 12.4. The van der Waals surface area contributed by atoms with E-state index in [4.69, 9.17) is 9.47 Å². The predicted molar refractivity (Wildman–Crippen MR) is 121 cm³/mol. The Morgan fingerprint density at radius 2 is 1.75 bits per heavy atom. The molecular formula is C23H25N3O5S. The normalized spacial score (nSPS) is 12.2. The topological polar surface area (TPSA) is 102 Å². The van der Waals surface area contributed by atoms with E-state index in [1.165, 1.54) is 16.4 Å². The van der Waals surface area contributed by atoms with Crippen LogP contribution in [0.2, 0.25) is 0 Å². The molecule has 8 nitrogen and oxygen atoms in total. The van der Waals surface area contributed by atoms with Crippen molar-refractivity contribution < 1.29 is 24.2 Å². The highest BCUT2D eigenvalue weighted by Gasteiger charge is 2.22. The first-order chi connectivity index (χ1) is 15.1. The van der Waals surface area contributed by atoms with Gasteiger partial charge in [0.2, 0.25) is 0 Å². The van der Waals surface area contributed by atoms with Crippen LogP contribution in [0.3, 0.4) is 0 Å². The molecule has 0 fully saturated rings. The van der Waals surface area contributed by atoms with Gasteiger partial charge in [0.25, 0.3) is 0 Å². The molecule has 1 unspecified atom stereocenters. The average Bonchev–Trinajstić information content (AvgIpc) is 3.28. The number of carbonyl (C=O) groups is 2. The maximum atomic E-state index is 12.4. The lowest BCUT2D eigenvalue weighted by molar-refractivity contribution is 0.0205. The van der Waals surface area contributed by atoms with E-state index < -0.39 is 23.8 Å². The van der Waals surface area contributed by atoms with Gasteiger partial charge in [-0.05, 0) is 62.1 Å². The molecular weight excluding hydrogens is 430 g/mol. The van der Waals surface area contributed by atoms with Crippen molar-refractivity contribution in [3.8, 4) is 17.0 Å². The van der Waals surface area contributed by atoms with Gasteiger partial charge in [-0.1, -0.05) is 28.8 Å². The third-order valence-corrected chi connectivity index (χ3v) is 4.91. The molecule has 0 aliphatic carbocycles. The highest BCUT2D eigenvalue weighted by atomic mass is 32.1. The van der Waals surface area contributed by atoms with E-state index in [-0.39, 0.29) is 6.54 Å². The zero-order valence-electron chi connectivity index (χ0n) is 18.3. The standard InChI is InChI=1S/C23H25N3O5S/c1-23(2,3)31-22(29)26(4)13-20(27)16-9-11-18(12-10-16)30-21(28)17-7-5-15(6-8-17)19-14-32-25-24-19/h5-12,14,20,27H,13H2,1-4H3. The summed E-state index contributed by atoms with van der Waals surface area (Å²) in [4.78, 5) is 25.8. The van der Waals surface area contributed by atoms with Gasteiger partial charge in [0.05, 0.1) is 18.2 Å². The van der Waals surface area contributed by atoms with Crippen molar-refractivity contribution in [1.29, 1.82) is 0 Å². The summed E-state index contributed by atoms with van der Waals surface area (Å²) in [6.07, 6.45) is -1.43. The number of esters is 1. The molecule has 0 radical (unpaired) electrons. The molecule has 0 saturated carbocycles. The molecule has 2 aromatic carbocycles. The molecule has 1 aromatic heterocycles. The Bertz CT molecular complexity index is 1040. The number of rotatable bonds is 6. The van der Waals surface area contributed by atoms with E-state index in [0.717, 1.165) is 11.3 Å². The van der Waals surface area contributed by atoms with Crippen LogP contribution < -0.4 is 4.74 Å². The highest BCUT2D eigenvalue weighted by Crippen LogP contribution is 2.22. The number of carbonyl (C=O) groups excluding carboxylic acids is 2. The predicted octanol–water partition coefficient (Wildman–Crippen LogP) is 4.32. The second-order valence-electron chi connectivity index (χ2n) is 8.20. The van der Waals surface area contributed by atoms with Gasteiger partial charge >= 0.3 is 12.1 Å². The molecule has 3 aromatic rings. The summed E-state index contributed by atoms with van der Waals surface area (Å²) in [7, 11) is 1.56. The zero-order chi connectivity index (χ0) is 23.3. The Hall–Kier alpha value is -3.30. The minimum Gasteiger partial charge on any atom is -0.444 e. The number of nitrogens with zero attached hydrogens (tertiary/aromatic N) is 3. The lowest BCUT2D eigenvalue weighted by Crippen LogP contribution is -2.36. The number of benzene rings is 2. The summed E-state index contributed by atoms with van der Waals surface area (Å²) < 4.78 is 14.5. The van der Waals surface area contributed by atoms with Gasteiger partial charge in [-0.25, -0.2) is 9.59 Å². The minimum atomic E-state index is -0.912. The number of hydrogen-bond donors (Lipinski definition) is 1. The summed E-state index contributed by atoms with van der Waals surface area (Å²) >= 11 is 1.26. The third-order valence-electron chi connectivity index (χ3n) is 4.40. The number of likely N-dealkylation sites (N-methyl/N-ethyl adjacent to an activating group) is 1. The van der Waals surface area contributed by atoms with Gasteiger partial charge in [-0.2, -0.15) is 0 Å². The van der Waals surface area contributed by atoms with Crippen molar-refractivity contribution in [2.45, 2.75) is 32.5 Å². The van der Waals surface area contributed by atoms with E-state index >= 15 is 0 Å². The molecule has 0 spiro atoms. The first kappa shape index (κ1) is 23.4. The van der Waals surface area contributed by atoms with Crippen LogP contribution in [0.4, 0.5) is 4.79 Å². The van der Waals surface area contributed by atoms with Gasteiger partial charge in [0, 0.05) is 18.0 Å². The third kappa shape index (κ3) is 6.35. The Labute approximate surface area is 190 Å². The van der Waals surface area contributed by atoms with E-state index in [2.05, 4.69) is 9.59 Å². The molecule has 3 rings (SSSR count). The highest BCUT2D eigenvalue weighted by molar-refractivity contribution is 7.03. The van der Waals surface area contributed by atoms with Crippen LogP contribution in [0.1, 0.15) is 42.8 Å². The fraction of sp³-hybridized carbons (Fsp3) is 0.304. The Kier molecular flexibility index (Phi) is 7.22. The van der Waals surface area contributed by atoms with Crippen molar-refractivity contribution >= 4 is 23.6 Å². The molecule has 9 heteroatoms. The number of aromatic nitrogens is 2. The summed E-state index contributed by atoms with van der Waals surface area (Å²) in [6.45, 7) is 5.40. The SMILES string of the molecule is CN(CC(O)c1ccc(OC(=O)c2ccc(-c3csnn3)cc2)cc1)C(=O)OC(C)(C)C. The van der Waals surface area contributed by atoms with Gasteiger partial charge in [-0.15, -0.1) is 5.10 Å². The summed E-state index contributed by atoms with van der Waals surface area (Å²) in [6, 6.07) is 13.4. The first-order valence-electron chi connectivity index (χ1n) is 9.94. The van der Waals surface area contributed by atoms with Gasteiger partial charge < -0.3 is 19.5 Å². The lowest BCUT2D eigenvalue weighted by Gasteiger charge is -2.26. The smallest absolute Gasteiger partial charge is 0.410 e. The van der Waals surface area contributed by atoms with Crippen molar-refractivity contribution in [2.75, 3.05) is 13.6 Å². The zero-order valence-corrected chi connectivity index (χ0v) is 19.1. The van der Waals surface area contributed by atoms with Crippen molar-refractivity contribution in [3.63, 3.8) is 0 Å². The number of ether oxygens (including phenoxy) is 2. The summed E-state index contributed by atoms with van der Waals surface area (Å²) in [5.41, 5.74) is 1.99. The molecule has 0 bridgehead atoms. The Morgan fingerprint density at radius 3 is 2.31 bits per heavy atom. The van der Waals surface area contributed by atoms with E-state index in [0.29, 0.717) is 16.9 Å². The molecule has 168 valence electrons. The van der Waals surface area contributed by atoms with Crippen LogP contribution in [0, 0.1) is 0 Å². The van der Waals surface area contributed by atoms with Crippen molar-refractivity contribution in [1.82, 2.24) is 14.5 Å². The number of hydrogen-bond acceptors (Lipinski definition) is 8. The van der Waals surface area contributed by atoms with Crippen LogP contribution in [0.5, 0.6) is 5.75 Å². The molecule has 1 atom stereocenters. The second-order valence-corrected chi connectivity index (χ2v) is 8.81. The quantitative estimate of drug-likeness (QED) is 0.436. The van der Waals surface area contributed by atoms with Gasteiger partial charge in [0.1, 0.15) is 17.0 Å². The van der Waals surface area contributed by atoms with E-state index in [1.54, 1.807) is 76.3 Å². The lowest BCUT2D eigenvalue weighted by atomic mass is 10.1. The molecule has 32 heavy (non-hydrogen) atoms. The van der Waals surface area contributed by atoms with Crippen molar-refractivity contribution in [3.05, 3.63) is 65.0 Å². The Balaban J connectivity index is 1.57. The molecule has 1 amide bonds. The van der Waals surface area contributed by atoms with Crippen LogP contribution >= 0.6 is 11.5 Å². The molecule has 1 N–H and O–H groups in total. The van der Waals surface area contributed by atoms with E-state index in [1.807, 2.05) is 5.38 Å². The fourth-order valence-electron chi connectivity index (χ4n) is 2.77. The van der Waals surface area contributed by atoms with Crippen LogP contribution in [0.15, 0.2) is 53.9 Å². The Morgan fingerprint density at radius 1 is 1.09 bits per heavy atom. The van der Waals surface area contributed by atoms with E-state index in [9.17, 15) is 14.7 Å². The van der Waals surface area contributed by atoms with Crippen LogP contribution in [-0.4, -0.2) is 50.8 Å². The second kappa shape index (κ2) is 9.88. The van der Waals surface area contributed by atoms with Gasteiger partial charge in [-0.3, -0.25) is 0 Å². The molecule has 1 heterocycles. The first-order valence-corrected chi connectivity index (χ1v) is 10.8.